The van der Waals surface area contributed by atoms with Crippen molar-refractivity contribution >= 4 is 0 Å². The average molecular weight is 334 g/mol. The van der Waals surface area contributed by atoms with E-state index in [9.17, 15) is 4.39 Å². The summed E-state index contributed by atoms with van der Waals surface area (Å²) in [6.45, 7) is -1.85. The second-order valence-electron chi connectivity index (χ2n) is 5.63. The van der Waals surface area contributed by atoms with Gasteiger partial charge >= 0.3 is 0 Å². The van der Waals surface area contributed by atoms with E-state index in [1.54, 1.807) is 6.07 Å². The lowest BCUT2D eigenvalue weighted by molar-refractivity contribution is 0.173. The second-order valence-corrected chi connectivity index (χ2v) is 5.63. The molecule has 1 saturated heterocycles. The van der Waals surface area contributed by atoms with Crippen molar-refractivity contribution in [2.75, 3.05) is 26.4 Å². The Labute approximate surface area is 147 Å². The smallest absolute Gasteiger partial charge is 0.231 e. The van der Waals surface area contributed by atoms with Gasteiger partial charge in [-0.05, 0) is 48.6 Å². The minimum Gasteiger partial charge on any atom is -0.493 e. The Kier molecular flexibility index (Phi) is 2.95. The van der Waals surface area contributed by atoms with Gasteiger partial charge in [0.2, 0.25) is 6.75 Å². The Morgan fingerprint density at radius 3 is 2.92 bits per heavy atom. The predicted octanol–water partition coefficient (Wildman–Crippen LogP) is 3.33. The van der Waals surface area contributed by atoms with Crippen LogP contribution in [-0.4, -0.2) is 26.4 Å². The molecular formula is C19H20FNO3. The minimum atomic E-state index is -2.23. The molecule has 2 heterocycles. The second kappa shape index (κ2) is 6.69. The summed E-state index contributed by atoms with van der Waals surface area (Å²) in [5, 5.41) is 3.01. The van der Waals surface area contributed by atoms with Crippen molar-refractivity contribution < 1.29 is 25.5 Å². The third-order valence-corrected chi connectivity index (χ3v) is 4.03. The number of ether oxygens (including phenoxy) is 3. The zero-order valence-corrected chi connectivity index (χ0v) is 12.8. The minimum absolute atomic E-state index is 0.00346. The number of hydrogen-bond donors (Lipinski definition) is 1. The molecule has 2 aliphatic rings. The summed E-state index contributed by atoms with van der Waals surface area (Å²) in [6.07, 6.45) is -1.90. The lowest BCUT2D eigenvalue weighted by Crippen LogP contribution is -2.38. The van der Waals surface area contributed by atoms with Crippen LogP contribution in [0.4, 0.5) is 4.39 Å². The van der Waals surface area contributed by atoms with Gasteiger partial charge in [-0.3, -0.25) is 0 Å². The van der Waals surface area contributed by atoms with Crippen molar-refractivity contribution in [1.82, 2.24) is 5.32 Å². The lowest BCUT2D eigenvalue weighted by atomic mass is 9.81. The van der Waals surface area contributed by atoms with Crippen LogP contribution in [0.15, 0.2) is 42.5 Å². The molecule has 0 amide bonds. The maximum Gasteiger partial charge on any atom is 0.231 e. The molecule has 4 rings (SSSR count). The Morgan fingerprint density at radius 2 is 2.04 bits per heavy atom. The molecular weight excluding hydrogens is 309 g/mol. The highest BCUT2D eigenvalue weighted by Gasteiger charge is 2.27. The van der Waals surface area contributed by atoms with E-state index in [4.69, 9.17) is 21.1 Å². The van der Waals surface area contributed by atoms with Gasteiger partial charge in [-0.15, -0.1) is 0 Å². The normalized spacial score (nSPS) is 32.7. The fourth-order valence-corrected chi connectivity index (χ4v) is 2.81. The SMILES string of the molecule is [2H]C1([2H])Oc2ccc(OC[C@@H]3CNCC([2H])([2H])C3([2H])c3ccc(F)cc3)cc2O1. The topological polar surface area (TPSA) is 39.7 Å². The molecule has 5 heteroatoms. The molecule has 1 unspecified atom stereocenters. The van der Waals surface area contributed by atoms with Crippen molar-refractivity contribution in [2.45, 2.75) is 12.3 Å². The van der Waals surface area contributed by atoms with Crippen molar-refractivity contribution in [1.29, 1.82) is 0 Å². The molecule has 1 fully saturated rings. The van der Waals surface area contributed by atoms with Gasteiger partial charge in [-0.2, -0.15) is 0 Å². The standard InChI is InChI=1S/C19H20FNO3/c20-15-3-1-13(2-4-15)17-7-8-21-10-14(17)11-22-16-5-6-18-19(9-16)24-12-23-18/h1-6,9,14,17,21H,7-8,10-12H2/t14-,17?/m0/s1/i7D2,12D2,17D. The summed E-state index contributed by atoms with van der Waals surface area (Å²) in [7, 11) is 0. The molecule has 0 aromatic heterocycles. The van der Waals surface area contributed by atoms with Crippen LogP contribution in [0.25, 0.3) is 0 Å². The van der Waals surface area contributed by atoms with E-state index >= 15 is 0 Å². The molecule has 2 atom stereocenters. The largest absolute Gasteiger partial charge is 0.493 e. The molecule has 24 heavy (non-hydrogen) atoms. The highest BCUT2D eigenvalue weighted by atomic mass is 19.1. The highest BCUT2D eigenvalue weighted by Crippen LogP contribution is 2.36. The lowest BCUT2D eigenvalue weighted by Gasteiger charge is -2.32. The van der Waals surface area contributed by atoms with Gasteiger partial charge in [-0.25, -0.2) is 4.39 Å². The first kappa shape index (κ1) is 10.6. The van der Waals surface area contributed by atoms with Gasteiger partial charge in [0.25, 0.3) is 0 Å². The Morgan fingerprint density at radius 1 is 1.21 bits per heavy atom. The van der Waals surface area contributed by atoms with Gasteiger partial charge in [0, 0.05) is 22.6 Å². The summed E-state index contributed by atoms with van der Waals surface area (Å²) in [4.78, 5) is 0. The van der Waals surface area contributed by atoms with Gasteiger partial charge < -0.3 is 19.5 Å². The van der Waals surface area contributed by atoms with Crippen LogP contribution in [0.1, 0.15) is 24.7 Å². The number of benzene rings is 2. The number of nitrogens with one attached hydrogen (secondary N) is 1. The van der Waals surface area contributed by atoms with Crippen LogP contribution in [0, 0.1) is 11.7 Å². The van der Waals surface area contributed by atoms with E-state index in [0.717, 1.165) is 0 Å². The number of hydrogen-bond acceptors (Lipinski definition) is 4. The third-order valence-electron chi connectivity index (χ3n) is 4.03. The van der Waals surface area contributed by atoms with Gasteiger partial charge in [-0.1, -0.05) is 12.1 Å². The van der Waals surface area contributed by atoms with Gasteiger partial charge in [0.05, 0.1) is 6.61 Å². The molecule has 4 nitrogen and oxygen atoms in total. The fraction of sp³-hybridized carbons (Fsp3) is 0.368. The first-order valence-electron chi connectivity index (χ1n) is 10.2. The molecule has 2 aliphatic heterocycles. The summed E-state index contributed by atoms with van der Waals surface area (Å²) in [5.74, 6) is -1.79. The summed E-state index contributed by atoms with van der Waals surface area (Å²) >= 11 is 0. The Bertz CT molecular complexity index is 911. The number of fused-ring (bicyclic) bond motifs is 1. The quantitative estimate of drug-likeness (QED) is 0.931. The Hall–Kier alpha value is -2.27. The summed E-state index contributed by atoms with van der Waals surface area (Å²) in [5.41, 5.74) is 0.387. The van der Waals surface area contributed by atoms with E-state index in [1.165, 1.54) is 36.4 Å². The van der Waals surface area contributed by atoms with Crippen molar-refractivity contribution in [3.8, 4) is 17.2 Å². The average Bonchev–Trinajstić information content (AvgIpc) is 2.96. The highest BCUT2D eigenvalue weighted by molar-refractivity contribution is 5.46. The van der Waals surface area contributed by atoms with E-state index in [0.29, 0.717) is 17.9 Å². The van der Waals surface area contributed by atoms with E-state index in [2.05, 4.69) is 5.32 Å². The maximum absolute atomic E-state index is 13.4. The van der Waals surface area contributed by atoms with Crippen molar-refractivity contribution in [3.63, 3.8) is 0 Å². The number of piperidine rings is 1. The molecule has 2 aromatic rings. The van der Waals surface area contributed by atoms with E-state index in [-0.39, 0.29) is 24.7 Å². The maximum atomic E-state index is 13.4. The third kappa shape index (κ3) is 3.17. The number of halogens is 1. The zero-order valence-electron chi connectivity index (χ0n) is 17.8. The van der Waals surface area contributed by atoms with Gasteiger partial charge in [0.1, 0.15) is 14.3 Å². The molecule has 0 aliphatic carbocycles. The first-order chi connectivity index (χ1) is 13.6. The zero-order chi connectivity index (χ0) is 20.9. The van der Waals surface area contributed by atoms with Crippen LogP contribution in [0.5, 0.6) is 17.2 Å². The summed E-state index contributed by atoms with van der Waals surface area (Å²) in [6, 6.07) is 9.97. The van der Waals surface area contributed by atoms with Crippen molar-refractivity contribution in [3.05, 3.63) is 53.8 Å². The van der Waals surface area contributed by atoms with E-state index in [1.807, 2.05) is 0 Å². The predicted molar refractivity (Wildman–Crippen MR) is 88.2 cm³/mol. The van der Waals surface area contributed by atoms with E-state index < -0.39 is 30.7 Å². The van der Waals surface area contributed by atoms with Crippen LogP contribution in [0.2, 0.25) is 0 Å². The van der Waals surface area contributed by atoms with Crippen LogP contribution >= 0.6 is 0 Å². The fourth-order valence-electron chi connectivity index (χ4n) is 2.81. The van der Waals surface area contributed by atoms with Crippen LogP contribution in [-0.2, 0) is 0 Å². The van der Waals surface area contributed by atoms with Crippen molar-refractivity contribution in [2.24, 2.45) is 5.92 Å². The molecule has 0 bridgehead atoms. The van der Waals surface area contributed by atoms with Gasteiger partial charge in [0.15, 0.2) is 11.5 Å². The molecule has 1 N–H and O–H groups in total. The van der Waals surface area contributed by atoms with Crippen LogP contribution < -0.4 is 19.5 Å². The molecule has 0 spiro atoms. The monoisotopic (exact) mass is 334 g/mol. The first-order valence-corrected chi connectivity index (χ1v) is 7.72. The molecule has 2 aromatic carbocycles. The Balaban J connectivity index is 1.56. The number of rotatable bonds is 4. The molecule has 126 valence electrons. The summed E-state index contributed by atoms with van der Waals surface area (Å²) < 4.78 is 70.1. The molecule has 0 radical (unpaired) electrons. The van der Waals surface area contributed by atoms with Crippen LogP contribution in [0.3, 0.4) is 0 Å². The molecule has 0 saturated carbocycles.